The Morgan fingerprint density at radius 1 is 0.565 bits per heavy atom. The van der Waals surface area contributed by atoms with Gasteiger partial charge in [0.1, 0.15) is 101 Å². The first-order valence-corrected chi connectivity index (χ1v) is 19.6. The minimum absolute atomic E-state index is 0.0728. The van der Waals surface area contributed by atoms with Crippen molar-refractivity contribution < 1.29 is 109 Å². The Bertz CT molecular complexity index is 2060. The second-order valence-corrected chi connectivity index (χ2v) is 15.7. The number of aliphatic hydroxyl groups is 11. The van der Waals surface area contributed by atoms with Gasteiger partial charge >= 0.3 is 0 Å². The van der Waals surface area contributed by atoms with E-state index in [1.807, 2.05) is 0 Å². The molecule has 0 spiro atoms. The molecule has 0 saturated carbocycles. The molecule has 4 fully saturated rings. The number of rotatable bonds is 10. The van der Waals surface area contributed by atoms with Gasteiger partial charge in [0, 0.05) is 17.7 Å². The molecule has 23 heteroatoms. The molecule has 4 saturated heterocycles. The molecule has 20 atom stereocenters. The fourth-order valence-electron chi connectivity index (χ4n) is 7.50. The van der Waals surface area contributed by atoms with E-state index in [-0.39, 0.29) is 22.6 Å². The summed E-state index contributed by atoms with van der Waals surface area (Å²) in [4.78, 5) is 14.5. The van der Waals surface area contributed by atoms with Crippen LogP contribution in [0.1, 0.15) is 20.8 Å². The summed E-state index contributed by atoms with van der Waals surface area (Å²) in [5.74, 6) is -2.31. The number of phenols is 2. The normalized spacial score (nSPS) is 41.5. The van der Waals surface area contributed by atoms with Crippen molar-refractivity contribution in [3.8, 4) is 34.3 Å². The molecule has 344 valence electrons. The highest BCUT2D eigenvalue weighted by Gasteiger charge is 2.52. The van der Waals surface area contributed by atoms with E-state index < -0.39 is 158 Å². The van der Waals surface area contributed by atoms with Gasteiger partial charge < -0.3 is 109 Å². The topological polar surface area (TPSA) is 367 Å². The van der Waals surface area contributed by atoms with E-state index in [2.05, 4.69) is 0 Å². The van der Waals surface area contributed by atoms with Gasteiger partial charge in [-0.15, -0.1) is 0 Å². The first-order chi connectivity index (χ1) is 29.3. The Balaban J connectivity index is 1.27. The highest BCUT2D eigenvalue weighted by atomic mass is 16.8. The van der Waals surface area contributed by atoms with Crippen molar-refractivity contribution in [1.82, 2.24) is 0 Å². The number of fused-ring (bicyclic) bond motifs is 1. The molecule has 4 aliphatic rings. The average molecular weight is 887 g/mol. The zero-order valence-corrected chi connectivity index (χ0v) is 33.1. The van der Waals surface area contributed by atoms with E-state index >= 15 is 0 Å². The average Bonchev–Trinajstić information content (AvgIpc) is 3.24. The van der Waals surface area contributed by atoms with Gasteiger partial charge in [-0.25, -0.2) is 0 Å². The SMILES string of the molecule is C[C@@H]1O[C@@H](OC[C@@H]2O[C@@H](Oc3c(-c4ccc(O)cc4)oc4cc(O[C@@H]5O[C@H](C)[C@H](O)[C@H](O)[C@@H]5O)cc(O)c4c3=O)[C@@H](O[C@H]3O[C@@H](C)[C@H](O)[C@@H](O)[C@@H]3O)[C@@H](O)[C@H]2O)[C@@H](O)[C@H](O)[C@H]1O. The monoisotopic (exact) mass is 886 g/mol. The predicted molar refractivity (Wildman–Crippen MR) is 201 cm³/mol. The van der Waals surface area contributed by atoms with Gasteiger partial charge in [0.2, 0.25) is 23.8 Å². The van der Waals surface area contributed by atoms with Crippen LogP contribution in [0.3, 0.4) is 0 Å². The maximum Gasteiger partial charge on any atom is 0.239 e. The van der Waals surface area contributed by atoms with Crippen LogP contribution in [0, 0.1) is 0 Å². The Morgan fingerprint density at radius 3 is 1.69 bits per heavy atom. The zero-order valence-electron chi connectivity index (χ0n) is 33.1. The third-order valence-corrected chi connectivity index (χ3v) is 11.3. The van der Waals surface area contributed by atoms with Gasteiger partial charge in [-0.1, -0.05) is 0 Å². The van der Waals surface area contributed by atoms with Gasteiger partial charge in [0.05, 0.1) is 24.9 Å². The van der Waals surface area contributed by atoms with Crippen LogP contribution in [0.25, 0.3) is 22.3 Å². The van der Waals surface area contributed by atoms with Crippen molar-refractivity contribution in [1.29, 1.82) is 0 Å². The number of ether oxygens (including phenoxy) is 8. The Hall–Kier alpha value is -3.83. The van der Waals surface area contributed by atoms with E-state index in [4.69, 9.17) is 42.3 Å². The fourth-order valence-corrected chi connectivity index (χ4v) is 7.50. The molecule has 0 amide bonds. The maximum absolute atomic E-state index is 14.5. The highest BCUT2D eigenvalue weighted by Crippen LogP contribution is 2.39. The second kappa shape index (κ2) is 18.3. The van der Waals surface area contributed by atoms with Crippen molar-refractivity contribution in [2.75, 3.05) is 6.61 Å². The predicted octanol–water partition coefficient (Wildman–Crippen LogP) is -4.04. The summed E-state index contributed by atoms with van der Waals surface area (Å²) in [6.45, 7) is 3.47. The van der Waals surface area contributed by atoms with Crippen LogP contribution in [-0.2, 0) is 28.4 Å². The quantitative estimate of drug-likeness (QED) is 0.0921. The fraction of sp³-hybridized carbons (Fsp3) is 0.615. The maximum atomic E-state index is 14.5. The molecule has 0 radical (unpaired) electrons. The Kier molecular flexibility index (Phi) is 13.7. The van der Waals surface area contributed by atoms with E-state index in [9.17, 15) is 71.2 Å². The van der Waals surface area contributed by atoms with Gasteiger partial charge in [-0.05, 0) is 45.0 Å². The molecule has 13 N–H and O–H groups in total. The zero-order chi connectivity index (χ0) is 45.1. The lowest BCUT2D eigenvalue weighted by Gasteiger charge is -2.46. The van der Waals surface area contributed by atoms with E-state index in [1.54, 1.807) is 0 Å². The third kappa shape index (κ3) is 8.83. The van der Waals surface area contributed by atoms with Crippen molar-refractivity contribution in [2.45, 2.75) is 144 Å². The Morgan fingerprint density at radius 2 is 1.10 bits per heavy atom. The summed E-state index contributed by atoms with van der Waals surface area (Å²) in [5.41, 5.74) is -1.36. The molecule has 0 aliphatic carbocycles. The molecule has 1 aromatic heterocycles. The molecule has 5 heterocycles. The molecule has 62 heavy (non-hydrogen) atoms. The molecule has 0 unspecified atom stereocenters. The van der Waals surface area contributed by atoms with E-state index in [0.717, 1.165) is 12.1 Å². The van der Waals surface area contributed by atoms with Crippen molar-refractivity contribution in [3.63, 3.8) is 0 Å². The largest absolute Gasteiger partial charge is 0.508 e. The highest BCUT2D eigenvalue weighted by molar-refractivity contribution is 5.88. The number of aliphatic hydroxyl groups excluding tert-OH is 11. The standard InChI is InChI=1S/C39H50O23/c1-11-21(42)26(47)30(51)36(55-11)54-10-19-24(45)29(50)35(62-38-32(53)28(49)23(44)13(3)57-38)39(60-19)61-34-25(46)20-17(41)8-16(58-37-31(52)27(48)22(43)12(2)56-37)9-18(20)59-33(34)14-4-6-15(40)7-5-14/h4-9,11-13,19,21-24,26-32,35-45,47-53H,10H2,1-3H3/t11-,12+,13-,19-,21-,22-,23-,24-,26+,27-,28+,29-,30-,31-,32-,35-,36+,37-,38+,39-/m0/s1. The third-order valence-electron chi connectivity index (χ3n) is 11.3. The molecule has 0 bridgehead atoms. The van der Waals surface area contributed by atoms with E-state index in [1.165, 1.54) is 45.0 Å². The minimum atomic E-state index is -2.06. The smallest absolute Gasteiger partial charge is 0.239 e. The number of hydrogen-bond donors (Lipinski definition) is 13. The van der Waals surface area contributed by atoms with Crippen LogP contribution in [0.5, 0.6) is 23.0 Å². The molecule has 3 aromatic rings. The number of aromatic hydroxyl groups is 2. The summed E-state index contributed by atoms with van der Waals surface area (Å²) in [6.07, 6.45) is -32.8. The first kappa shape index (κ1) is 46.2. The van der Waals surface area contributed by atoms with Gasteiger partial charge in [0.25, 0.3) is 0 Å². The first-order valence-electron chi connectivity index (χ1n) is 19.6. The summed E-state index contributed by atoms with van der Waals surface area (Å²) in [6, 6.07) is 7.21. The molecular formula is C39H50O23. The summed E-state index contributed by atoms with van der Waals surface area (Å²) in [7, 11) is 0. The summed E-state index contributed by atoms with van der Waals surface area (Å²) >= 11 is 0. The van der Waals surface area contributed by atoms with Gasteiger partial charge in [-0.3, -0.25) is 4.79 Å². The second-order valence-electron chi connectivity index (χ2n) is 15.7. The summed E-state index contributed by atoms with van der Waals surface area (Å²) < 4.78 is 52.0. The molecule has 7 rings (SSSR count). The van der Waals surface area contributed by atoms with Crippen LogP contribution in [-0.4, -0.2) is 196 Å². The number of benzene rings is 2. The van der Waals surface area contributed by atoms with Crippen molar-refractivity contribution in [3.05, 3.63) is 46.6 Å². The van der Waals surface area contributed by atoms with E-state index in [0.29, 0.717) is 0 Å². The summed E-state index contributed by atoms with van der Waals surface area (Å²) in [5, 5.41) is 137. The molecule has 2 aromatic carbocycles. The van der Waals surface area contributed by atoms with Crippen LogP contribution in [0.4, 0.5) is 0 Å². The Labute approximate surface area is 350 Å². The molecule has 4 aliphatic heterocycles. The van der Waals surface area contributed by atoms with Crippen molar-refractivity contribution in [2.24, 2.45) is 0 Å². The lowest BCUT2D eigenvalue weighted by atomic mass is 9.97. The lowest BCUT2D eigenvalue weighted by Crippen LogP contribution is -2.65. The number of hydrogen-bond acceptors (Lipinski definition) is 23. The van der Waals surface area contributed by atoms with Gasteiger partial charge in [0.15, 0.2) is 24.4 Å². The minimum Gasteiger partial charge on any atom is -0.508 e. The van der Waals surface area contributed by atoms with Crippen LogP contribution >= 0.6 is 0 Å². The lowest BCUT2D eigenvalue weighted by molar-refractivity contribution is -0.360. The number of phenolic OH excluding ortho intramolecular Hbond substituents is 2. The van der Waals surface area contributed by atoms with Crippen LogP contribution in [0.2, 0.25) is 0 Å². The van der Waals surface area contributed by atoms with Crippen LogP contribution in [0.15, 0.2) is 45.6 Å². The van der Waals surface area contributed by atoms with Crippen molar-refractivity contribution >= 4 is 11.0 Å². The molecule has 23 nitrogen and oxygen atoms in total. The molecular weight excluding hydrogens is 836 g/mol. The van der Waals surface area contributed by atoms with Crippen LogP contribution < -0.4 is 14.9 Å². The van der Waals surface area contributed by atoms with Gasteiger partial charge in [-0.2, -0.15) is 0 Å².